The highest BCUT2D eigenvalue weighted by Gasteiger charge is 2.34. The van der Waals surface area contributed by atoms with Crippen molar-refractivity contribution >= 4 is 47.2 Å². The van der Waals surface area contributed by atoms with E-state index < -0.39 is 24.5 Å². The number of halogens is 2. The van der Waals surface area contributed by atoms with Crippen molar-refractivity contribution in [3.8, 4) is 5.75 Å². The number of aliphatic carboxylic acids is 1. The van der Waals surface area contributed by atoms with E-state index in [1.807, 2.05) is 0 Å². The van der Waals surface area contributed by atoms with Crippen molar-refractivity contribution in [3.05, 3.63) is 33.4 Å². The number of carboxylic acid groups (broad SMARTS) is 1. The summed E-state index contributed by atoms with van der Waals surface area (Å²) in [5, 5.41) is 11.4. The Balaban J connectivity index is 2.33. The van der Waals surface area contributed by atoms with Gasteiger partial charge >= 0.3 is 12.0 Å². The van der Waals surface area contributed by atoms with E-state index in [1.54, 1.807) is 0 Å². The average Bonchev–Trinajstić information content (AvgIpc) is 2.66. The first kappa shape index (κ1) is 16.1. The van der Waals surface area contributed by atoms with Gasteiger partial charge in [-0.15, -0.1) is 0 Å². The first-order valence-electron chi connectivity index (χ1n) is 5.93. The number of ether oxygens (including phenoxy) is 1. The molecule has 7 nitrogen and oxygen atoms in total. The van der Waals surface area contributed by atoms with Gasteiger partial charge in [0.2, 0.25) is 0 Å². The van der Waals surface area contributed by atoms with Gasteiger partial charge in [-0.3, -0.25) is 9.59 Å². The van der Waals surface area contributed by atoms with Gasteiger partial charge in [-0.25, -0.2) is 9.69 Å². The molecule has 0 spiro atoms. The van der Waals surface area contributed by atoms with Gasteiger partial charge in [0, 0.05) is 0 Å². The molecular formula is C13H10Cl2N2O5. The quantitative estimate of drug-likeness (QED) is 0.643. The SMILES string of the molecule is COc1c(Cl)cc(/C=C2/NC(=O)N(CC(=O)O)C2=O)cc1Cl. The second-order valence-electron chi connectivity index (χ2n) is 4.29. The number of urea groups is 1. The molecule has 0 unspecified atom stereocenters. The molecule has 2 rings (SSSR count). The van der Waals surface area contributed by atoms with Crippen molar-refractivity contribution < 1.29 is 24.2 Å². The highest BCUT2D eigenvalue weighted by Crippen LogP contribution is 2.34. The van der Waals surface area contributed by atoms with Gasteiger partial charge in [0.15, 0.2) is 5.75 Å². The number of hydrogen-bond donors (Lipinski definition) is 2. The Kier molecular flexibility index (Phi) is 4.58. The van der Waals surface area contributed by atoms with E-state index >= 15 is 0 Å². The summed E-state index contributed by atoms with van der Waals surface area (Å²) in [6.45, 7) is -0.716. The molecule has 1 fully saturated rings. The summed E-state index contributed by atoms with van der Waals surface area (Å²) in [5.74, 6) is -1.74. The number of carbonyl (C=O) groups excluding carboxylic acids is 2. The fraction of sp³-hybridized carbons (Fsp3) is 0.154. The predicted octanol–water partition coefficient (Wildman–Crippen LogP) is 1.98. The van der Waals surface area contributed by atoms with Crippen LogP contribution in [0.2, 0.25) is 10.0 Å². The van der Waals surface area contributed by atoms with E-state index in [9.17, 15) is 14.4 Å². The van der Waals surface area contributed by atoms with Gasteiger partial charge in [-0.2, -0.15) is 0 Å². The molecule has 1 saturated heterocycles. The van der Waals surface area contributed by atoms with Crippen LogP contribution in [0.5, 0.6) is 5.75 Å². The first-order chi connectivity index (χ1) is 10.3. The van der Waals surface area contributed by atoms with Crippen LogP contribution >= 0.6 is 23.2 Å². The number of hydrogen-bond acceptors (Lipinski definition) is 4. The van der Waals surface area contributed by atoms with Gasteiger partial charge in [-0.1, -0.05) is 23.2 Å². The molecule has 9 heteroatoms. The monoisotopic (exact) mass is 344 g/mol. The summed E-state index contributed by atoms with van der Waals surface area (Å²) in [4.78, 5) is 34.8. The first-order valence-corrected chi connectivity index (χ1v) is 6.68. The normalized spacial score (nSPS) is 16.1. The smallest absolute Gasteiger partial charge is 0.329 e. The molecule has 1 aliphatic heterocycles. The number of amides is 3. The molecule has 0 radical (unpaired) electrons. The highest BCUT2D eigenvalue weighted by atomic mass is 35.5. The summed E-state index contributed by atoms with van der Waals surface area (Å²) >= 11 is 12.0. The summed E-state index contributed by atoms with van der Waals surface area (Å²) in [6, 6.07) is 2.20. The van der Waals surface area contributed by atoms with Gasteiger partial charge in [-0.05, 0) is 23.8 Å². The number of nitrogens with zero attached hydrogens (tertiary/aromatic N) is 1. The van der Waals surface area contributed by atoms with Gasteiger partial charge in [0.05, 0.1) is 17.2 Å². The zero-order valence-corrected chi connectivity index (χ0v) is 12.7. The lowest BCUT2D eigenvalue weighted by atomic mass is 10.2. The standard InChI is InChI=1S/C13H10Cl2N2O5/c1-22-11-7(14)2-6(3-8(11)15)4-9-12(20)17(5-10(18)19)13(21)16-9/h2-4H,5H2,1H3,(H,16,21)(H,18,19)/b9-4+. The van der Waals surface area contributed by atoms with Crippen molar-refractivity contribution in [2.45, 2.75) is 0 Å². The van der Waals surface area contributed by atoms with Crippen molar-refractivity contribution in [1.82, 2.24) is 10.2 Å². The lowest BCUT2D eigenvalue weighted by molar-refractivity contribution is -0.140. The second kappa shape index (κ2) is 6.25. The number of nitrogens with one attached hydrogen (secondary N) is 1. The number of imide groups is 1. The van der Waals surface area contributed by atoms with E-state index in [0.717, 1.165) is 0 Å². The maximum atomic E-state index is 12.0. The second-order valence-corrected chi connectivity index (χ2v) is 5.11. The van der Waals surface area contributed by atoms with Crippen LogP contribution in [0.4, 0.5) is 4.79 Å². The van der Waals surface area contributed by atoms with E-state index in [4.69, 9.17) is 33.0 Å². The Bertz CT molecular complexity index is 679. The van der Waals surface area contributed by atoms with E-state index in [2.05, 4.69) is 5.32 Å². The van der Waals surface area contributed by atoms with E-state index in [-0.39, 0.29) is 15.7 Å². The lowest BCUT2D eigenvalue weighted by Crippen LogP contribution is -2.35. The van der Waals surface area contributed by atoms with Gasteiger partial charge < -0.3 is 15.2 Å². The molecule has 0 aliphatic carbocycles. The van der Waals surface area contributed by atoms with Crippen LogP contribution in [0.1, 0.15) is 5.56 Å². The number of carboxylic acids is 1. The third kappa shape index (κ3) is 3.15. The average molecular weight is 345 g/mol. The molecule has 1 aromatic carbocycles. The van der Waals surface area contributed by atoms with Crippen LogP contribution in [-0.4, -0.2) is 41.6 Å². The molecule has 1 heterocycles. The van der Waals surface area contributed by atoms with Crippen LogP contribution in [0.3, 0.4) is 0 Å². The van der Waals surface area contributed by atoms with Gasteiger partial charge in [0.1, 0.15) is 12.2 Å². The Hall–Kier alpha value is -2.25. The third-order valence-electron chi connectivity index (χ3n) is 2.79. The van der Waals surface area contributed by atoms with Crippen LogP contribution in [0.25, 0.3) is 6.08 Å². The summed E-state index contributed by atoms with van der Waals surface area (Å²) in [5.41, 5.74) is 0.389. The molecule has 1 aliphatic rings. The maximum Gasteiger partial charge on any atom is 0.329 e. The fourth-order valence-electron chi connectivity index (χ4n) is 1.87. The molecule has 116 valence electrons. The van der Waals surface area contributed by atoms with E-state index in [1.165, 1.54) is 25.3 Å². The van der Waals surface area contributed by atoms with Crippen molar-refractivity contribution in [2.24, 2.45) is 0 Å². The molecule has 22 heavy (non-hydrogen) atoms. The van der Waals surface area contributed by atoms with Crippen molar-refractivity contribution in [3.63, 3.8) is 0 Å². The molecule has 0 aromatic heterocycles. The summed E-state index contributed by atoms with van der Waals surface area (Å²) in [6.07, 6.45) is 1.35. The predicted molar refractivity (Wildman–Crippen MR) is 78.9 cm³/mol. The van der Waals surface area contributed by atoms with E-state index in [0.29, 0.717) is 16.2 Å². The third-order valence-corrected chi connectivity index (χ3v) is 3.35. The molecule has 0 bridgehead atoms. The zero-order chi connectivity index (χ0) is 16.4. The number of carbonyl (C=O) groups is 3. The summed E-state index contributed by atoms with van der Waals surface area (Å²) < 4.78 is 5.00. The van der Waals surface area contributed by atoms with Crippen LogP contribution in [-0.2, 0) is 9.59 Å². The minimum atomic E-state index is -1.29. The largest absolute Gasteiger partial charge is 0.494 e. The van der Waals surface area contributed by atoms with Crippen LogP contribution in [0.15, 0.2) is 17.8 Å². The number of methoxy groups -OCH3 is 1. The zero-order valence-electron chi connectivity index (χ0n) is 11.2. The number of benzene rings is 1. The Morgan fingerprint density at radius 3 is 2.45 bits per heavy atom. The minimum Gasteiger partial charge on any atom is -0.494 e. The fourth-order valence-corrected chi connectivity index (χ4v) is 2.53. The topological polar surface area (TPSA) is 95.9 Å². The molecule has 0 atom stereocenters. The van der Waals surface area contributed by atoms with Crippen molar-refractivity contribution in [2.75, 3.05) is 13.7 Å². The number of rotatable bonds is 4. The maximum absolute atomic E-state index is 12.0. The Labute approximate surface area is 135 Å². The molecule has 3 amide bonds. The lowest BCUT2D eigenvalue weighted by Gasteiger charge is -2.07. The summed E-state index contributed by atoms with van der Waals surface area (Å²) in [7, 11) is 1.41. The van der Waals surface area contributed by atoms with Crippen LogP contribution < -0.4 is 10.1 Å². The molecular weight excluding hydrogens is 335 g/mol. The van der Waals surface area contributed by atoms with Gasteiger partial charge in [0.25, 0.3) is 5.91 Å². The molecule has 0 saturated carbocycles. The Morgan fingerprint density at radius 2 is 1.95 bits per heavy atom. The highest BCUT2D eigenvalue weighted by molar-refractivity contribution is 6.37. The van der Waals surface area contributed by atoms with Crippen molar-refractivity contribution in [1.29, 1.82) is 0 Å². The Morgan fingerprint density at radius 1 is 1.36 bits per heavy atom. The molecule has 1 aromatic rings. The molecule has 2 N–H and O–H groups in total. The minimum absolute atomic E-state index is 0.0662. The van der Waals surface area contributed by atoms with Crippen LogP contribution in [0, 0.1) is 0 Å².